The molecule has 0 spiro atoms. The lowest BCUT2D eigenvalue weighted by Crippen LogP contribution is -2.28. The lowest BCUT2D eigenvalue weighted by atomic mass is 9.75. The summed E-state index contributed by atoms with van der Waals surface area (Å²) in [6, 6.07) is 7.48. The Morgan fingerprint density at radius 3 is 2.25 bits per heavy atom. The summed E-state index contributed by atoms with van der Waals surface area (Å²) < 4.78 is 0. The molecule has 1 aliphatic carbocycles. The molecule has 0 atom stereocenters. The van der Waals surface area contributed by atoms with E-state index < -0.39 is 0 Å². The first-order valence-electron chi connectivity index (χ1n) is 7.02. The van der Waals surface area contributed by atoms with Gasteiger partial charge in [-0.2, -0.15) is 0 Å². The third kappa shape index (κ3) is 2.52. The number of aromatic nitrogens is 4. The molecule has 20 heavy (non-hydrogen) atoms. The smallest absolute Gasteiger partial charge is 0.131 e. The zero-order valence-corrected chi connectivity index (χ0v) is 12.3. The Kier molecular flexibility index (Phi) is 3.66. The molecule has 4 nitrogen and oxygen atoms in total. The normalized spacial score (nSPS) is 17.9. The summed E-state index contributed by atoms with van der Waals surface area (Å²) in [6.07, 6.45) is 5.98. The number of hydrogen-bond donors (Lipinski definition) is 0. The highest BCUT2D eigenvalue weighted by atomic mass is 35.5. The highest BCUT2D eigenvalue weighted by molar-refractivity contribution is 6.33. The fraction of sp³-hybridized carbons (Fsp3) is 0.467. The van der Waals surface area contributed by atoms with E-state index >= 15 is 0 Å². The monoisotopic (exact) mass is 288 g/mol. The van der Waals surface area contributed by atoms with Gasteiger partial charge < -0.3 is 0 Å². The SMILES string of the molecule is CC1(c2nnc(-c3ccccc3Cl)nn2)CCCCC1. The maximum absolute atomic E-state index is 6.14. The second kappa shape index (κ2) is 5.44. The fourth-order valence-corrected chi connectivity index (χ4v) is 3.00. The second-order valence-electron chi connectivity index (χ2n) is 5.65. The second-order valence-corrected chi connectivity index (χ2v) is 6.06. The number of halogens is 1. The molecule has 1 fully saturated rings. The lowest BCUT2D eigenvalue weighted by molar-refractivity contribution is 0.298. The number of rotatable bonds is 2. The zero-order valence-electron chi connectivity index (χ0n) is 11.5. The van der Waals surface area contributed by atoms with E-state index in [1.807, 2.05) is 24.3 Å². The van der Waals surface area contributed by atoms with Gasteiger partial charge in [0.2, 0.25) is 5.82 Å². The van der Waals surface area contributed by atoms with E-state index in [-0.39, 0.29) is 5.41 Å². The summed E-state index contributed by atoms with van der Waals surface area (Å²) in [5.41, 5.74) is 0.798. The van der Waals surface area contributed by atoms with E-state index in [2.05, 4.69) is 27.3 Å². The topological polar surface area (TPSA) is 51.6 Å². The van der Waals surface area contributed by atoms with Crippen molar-refractivity contribution < 1.29 is 0 Å². The molecule has 3 rings (SSSR count). The third-order valence-electron chi connectivity index (χ3n) is 4.09. The molecule has 1 aromatic heterocycles. The van der Waals surface area contributed by atoms with Gasteiger partial charge in [0, 0.05) is 11.0 Å². The van der Waals surface area contributed by atoms with Gasteiger partial charge in [-0.1, -0.05) is 49.9 Å². The molecule has 0 aliphatic heterocycles. The molecule has 1 heterocycles. The van der Waals surface area contributed by atoms with Crippen LogP contribution in [0.2, 0.25) is 5.02 Å². The minimum absolute atomic E-state index is 0.0251. The lowest BCUT2D eigenvalue weighted by Gasteiger charge is -2.30. The summed E-state index contributed by atoms with van der Waals surface area (Å²) in [7, 11) is 0. The van der Waals surface area contributed by atoms with Crippen LogP contribution in [0.3, 0.4) is 0 Å². The Morgan fingerprint density at radius 2 is 1.60 bits per heavy atom. The maximum atomic E-state index is 6.14. The van der Waals surface area contributed by atoms with Gasteiger partial charge in [0.05, 0.1) is 5.02 Å². The minimum Gasteiger partial charge on any atom is -0.131 e. The van der Waals surface area contributed by atoms with Crippen LogP contribution in [0.25, 0.3) is 11.4 Å². The van der Waals surface area contributed by atoms with Crippen molar-refractivity contribution in [1.29, 1.82) is 0 Å². The van der Waals surface area contributed by atoms with Crippen LogP contribution in [0.15, 0.2) is 24.3 Å². The Balaban J connectivity index is 1.90. The summed E-state index contributed by atoms with van der Waals surface area (Å²) >= 11 is 6.14. The summed E-state index contributed by atoms with van der Waals surface area (Å²) in [5.74, 6) is 1.24. The summed E-state index contributed by atoms with van der Waals surface area (Å²) in [6.45, 7) is 2.21. The molecular weight excluding hydrogens is 272 g/mol. The highest BCUT2D eigenvalue weighted by Gasteiger charge is 2.32. The Labute approximate surface area is 123 Å². The Morgan fingerprint density at radius 1 is 0.950 bits per heavy atom. The first-order valence-corrected chi connectivity index (χ1v) is 7.40. The standard InChI is InChI=1S/C15H17ClN4/c1-15(9-5-2-6-10-15)14-19-17-13(18-20-14)11-7-3-4-8-12(11)16/h3-4,7-8H,2,5-6,9-10H2,1H3. The molecule has 0 unspecified atom stereocenters. The molecule has 1 saturated carbocycles. The molecule has 2 aromatic rings. The van der Waals surface area contributed by atoms with E-state index in [1.54, 1.807) is 0 Å². The molecule has 0 radical (unpaired) electrons. The molecule has 104 valence electrons. The van der Waals surface area contributed by atoms with Crippen molar-refractivity contribution in [2.75, 3.05) is 0 Å². The van der Waals surface area contributed by atoms with Gasteiger partial charge in [0.25, 0.3) is 0 Å². The van der Waals surface area contributed by atoms with Crippen LogP contribution in [-0.4, -0.2) is 20.4 Å². The molecule has 0 N–H and O–H groups in total. The molecule has 0 amide bonds. The number of benzene rings is 1. The van der Waals surface area contributed by atoms with Gasteiger partial charge in [0.15, 0.2) is 5.82 Å². The summed E-state index contributed by atoms with van der Waals surface area (Å²) in [4.78, 5) is 0. The van der Waals surface area contributed by atoms with Crippen molar-refractivity contribution in [3.8, 4) is 11.4 Å². The van der Waals surface area contributed by atoms with Crippen LogP contribution in [0.1, 0.15) is 44.9 Å². The van der Waals surface area contributed by atoms with Crippen molar-refractivity contribution in [2.24, 2.45) is 0 Å². The first kappa shape index (κ1) is 13.4. The van der Waals surface area contributed by atoms with Crippen molar-refractivity contribution in [2.45, 2.75) is 44.4 Å². The van der Waals surface area contributed by atoms with Crippen LogP contribution in [-0.2, 0) is 5.41 Å². The maximum Gasteiger partial charge on any atom is 0.205 e. The Bertz CT molecular complexity index is 591. The van der Waals surface area contributed by atoms with E-state index in [1.165, 1.54) is 19.3 Å². The van der Waals surface area contributed by atoms with Crippen LogP contribution in [0.4, 0.5) is 0 Å². The number of nitrogens with zero attached hydrogens (tertiary/aromatic N) is 4. The zero-order chi connectivity index (χ0) is 14.0. The summed E-state index contributed by atoms with van der Waals surface area (Å²) in [5, 5.41) is 17.7. The quantitative estimate of drug-likeness (QED) is 0.843. The molecule has 1 aromatic carbocycles. The van der Waals surface area contributed by atoms with Gasteiger partial charge >= 0.3 is 0 Å². The third-order valence-corrected chi connectivity index (χ3v) is 4.42. The average Bonchev–Trinajstić information content (AvgIpc) is 2.49. The van der Waals surface area contributed by atoms with Crippen molar-refractivity contribution in [3.05, 3.63) is 35.1 Å². The van der Waals surface area contributed by atoms with Crippen LogP contribution < -0.4 is 0 Å². The number of hydrogen-bond acceptors (Lipinski definition) is 4. The van der Waals surface area contributed by atoms with E-state index in [0.29, 0.717) is 10.8 Å². The van der Waals surface area contributed by atoms with Gasteiger partial charge in [-0.05, 0) is 25.0 Å². The van der Waals surface area contributed by atoms with Crippen LogP contribution in [0, 0.1) is 0 Å². The van der Waals surface area contributed by atoms with Crippen LogP contribution in [0.5, 0.6) is 0 Å². The van der Waals surface area contributed by atoms with Crippen molar-refractivity contribution in [3.63, 3.8) is 0 Å². The molecule has 0 saturated heterocycles. The van der Waals surface area contributed by atoms with E-state index in [9.17, 15) is 0 Å². The predicted molar refractivity (Wildman–Crippen MR) is 78.5 cm³/mol. The molecular formula is C15H17ClN4. The van der Waals surface area contributed by atoms with Gasteiger partial charge in [-0.25, -0.2) is 0 Å². The van der Waals surface area contributed by atoms with Crippen molar-refractivity contribution in [1.82, 2.24) is 20.4 Å². The van der Waals surface area contributed by atoms with E-state index in [0.717, 1.165) is 24.2 Å². The molecule has 0 bridgehead atoms. The first-order chi connectivity index (χ1) is 9.69. The fourth-order valence-electron chi connectivity index (χ4n) is 2.78. The Hall–Kier alpha value is -1.55. The largest absolute Gasteiger partial charge is 0.205 e. The van der Waals surface area contributed by atoms with Gasteiger partial charge in [-0.3, -0.25) is 0 Å². The van der Waals surface area contributed by atoms with E-state index in [4.69, 9.17) is 11.6 Å². The van der Waals surface area contributed by atoms with Gasteiger partial charge in [0.1, 0.15) is 0 Å². The molecule has 1 aliphatic rings. The van der Waals surface area contributed by atoms with Crippen molar-refractivity contribution >= 4 is 11.6 Å². The minimum atomic E-state index is 0.0251. The predicted octanol–water partition coefficient (Wildman–Crippen LogP) is 3.81. The molecule has 5 heteroatoms. The van der Waals surface area contributed by atoms with Gasteiger partial charge in [-0.15, -0.1) is 20.4 Å². The highest BCUT2D eigenvalue weighted by Crippen LogP contribution is 2.36. The average molecular weight is 289 g/mol. The van der Waals surface area contributed by atoms with Crippen LogP contribution >= 0.6 is 11.6 Å².